The van der Waals surface area contributed by atoms with Crippen LogP contribution >= 0.6 is 15.9 Å². The van der Waals surface area contributed by atoms with E-state index in [2.05, 4.69) is 26.0 Å². The molecule has 0 aliphatic heterocycles. The largest absolute Gasteiger partial charge is 0.496 e. The lowest BCUT2D eigenvalue weighted by atomic mass is 10.2. The molecule has 0 heterocycles. The molecule has 7 heteroatoms. The van der Waals surface area contributed by atoms with E-state index < -0.39 is 12.1 Å². The van der Waals surface area contributed by atoms with Gasteiger partial charge >= 0.3 is 5.97 Å². The van der Waals surface area contributed by atoms with E-state index in [0.29, 0.717) is 28.1 Å². The fourth-order valence-electron chi connectivity index (χ4n) is 2.26. The molecule has 2 aromatic carbocycles. The molecule has 6 nitrogen and oxygen atoms in total. The van der Waals surface area contributed by atoms with Crippen molar-refractivity contribution in [2.75, 3.05) is 14.2 Å². The number of halogens is 1. The average Bonchev–Trinajstić information content (AvgIpc) is 2.66. The minimum absolute atomic E-state index is 0.264. The van der Waals surface area contributed by atoms with Gasteiger partial charge < -0.3 is 19.5 Å². The first kappa shape index (κ1) is 19.8. The number of hydrogen-bond donors (Lipinski definition) is 1. The molecule has 0 bridgehead atoms. The highest BCUT2D eigenvalue weighted by atomic mass is 79.9. The van der Waals surface area contributed by atoms with Gasteiger partial charge in [0.2, 0.25) is 0 Å². The van der Waals surface area contributed by atoms with Crippen molar-refractivity contribution in [3.63, 3.8) is 0 Å². The smallest absolute Gasteiger partial charge is 0.337 e. The Labute approximate surface area is 160 Å². The van der Waals surface area contributed by atoms with Crippen molar-refractivity contribution in [3.05, 3.63) is 58.1 Å². The first-order valence-electron chi connectivity index (χ1n) is 7.90. The number of carbonyl (C=O) groups is 2. The summed E-state index contributed by atoms with van der Waals surface area (Å²) in [6, 6.07) is 12.2. The second-order valence-electron chi connectivity index (χ2n) is 5.43. The minimum Gasteiger partial charge on any atom is -0.496 e. The molecule has 26 heavy (non-hydrogen) atoms. The molecule has 0 spiro atoms. The van der Waals surface area contributed by atoms with Crippen molar-refractivity contribution in [1.82, 2.24) is 5.32 Å². The van der Waals surface area contributed by atoms with E-state index in [1.165, 1.54) is 7.11 Å². The zero-order valence-electron chi connectivity index (χ0n) is 14.7. The molecule has 1 amide bonds. The molecule has 0 saturated heterocycles. The molecule has 138 valence electrons. The molecule has 2 aromatic rings. The van der Waals surface area contributed by atoms with Crippen LogP contribution in [-0.4, -0.2) is 32.2 Å². The second kappa shape index (κ2) is 9.24. The standard InChI is InChI=1S/C19H20BrNO5/c1-12(18(22)21-11-14-6-4-5-7-16(14)24-2)26-17-9-8-13(10-15(17)20)19(23)25-3/h4-10,12H,11H2,1-3H3,(H,21,22). The van der Waals surface area contributed by atoms with E-state index in [4.69, 9.17) is 9.47 Å². The molecule has 0 aromatic heterocycles. The normalized spacial score (nSPS) is 11.4. The summed E-state index contributed by atoms with van der Waals surface area (Å²) < 4.78 is 16.2. The van der Waals surface area contributed by atoms with Gasteiger partial charge in [-0.25, -0.2) is 4.79 Å². The molecular weight excluding hydrogens is 402 g/mol. The summed E-state index contributed by atoms with van der Waals surface area (Å²) in [5.74, 6) is 0.458. The summed E-state index contributed by atoms with van der Waals surface area (Å²) >= 11 is 3.34. The summed E-state index contributed by atoms with van der Waals surface area (Å²) in [6.07, 6.45) is -0.718. The van der Waals surface area contributed by atoms with Crippen molar-refractivity contribution in [2.24, 2.45) is 0 Å². The van der Waals surface area contributed by atoms with E-state index >= 15 is 0 Å². The Morgan fingerprint density at radius 2 is 1.85 bits per heavy atom. The van der Waals surface area contributed by atoms with Gasteiger partial charge in [-0.3, -0.25) is 4.79 Å². The third kappa shape index (κ3) is 4.98. The highest BCUT2D eigenvalue weighted by molar-refractivity contribution is 9.10. The summed E-state index contributed by atoms with van der Waals surface area (Å²) in [6.45, 7) is 1.98. The predicted molar refractivity (Wildman–Crippen MR) is 100 cm³/mol. The molecule has 1 unspecified atom stereocenters. The topological polar surface area (TPSA) is 73.9 Å². The second-order valence-corrected chi connectivity index (χ2v) is 6.28. The van der Waals surface area contributed by atoms with Crippen molar-refractivity contribution in [3.8, 4) is 11.5 Å². The molecular formula is C19H20BrNO5. The van der Waals surface area contributed by atoms with Crippen LogP contribution in [0.15, 0.2) is 46.9 Å². The lowest BCUT2D eigenvalue weighted by Crippen LogP contribution is -2.36. The number of hydrogen-bond acceptors (Lipinski definition) is 5. The SMILES string of the molecule is COC(=O)c1ccc(OC(C)C(=O)NCc2ccccc2OC)c(Br)c1. The Bertz CT molecular complexity index is 793. The van der Waals surface area contributed by atoms with Crippen LogP contribution in [0.4, 0.5) is 0 Å². The average molecular weight is 422 g/mol. The van der Waals surface area contributed by atoms with Crippen molar-refractivity contribution >= 4 is 27.8 Å². The molecule has 1 N–H and O–H groups in total. The number of esters is 1. The van der Waals surface area contributed by atoms with Crippen LogP contribution in [0.2, 0.25) is 0 Å². The van der Waals surface area contributed by atoms with Gasteiger partial charge in [-0.15, -0.1) is 0 Å². The zero-order valence-corrected chi connectivity index (χ0v) is 16.3. The minimum atomic E-state index is -0.718. The van der Waals surface area contributed by atoms with E-state index in [9.17, 15) is 9.59 Å². The Kier molecular flexibility index (Phi) is 7.03. The number of methoxy groups -OCH3 is 2. The van der Waals surface area contributed by atoms with Crippen LogP contribution in [0.25, 0.3) is 0 Å². The third-order valence-corrected chi connectivity index (χ3v) is 4.29. The van der Waals surface area contributed by atoms with Crippen LogP contribution in [-0.2, 0) is 16.1 Å². The van der Waals surface area contributed by atoms with Gasteiger partial charge in [0.05, 0.1) is 24.3 Å². The third-order valence-electron chi connectivity index (χ3n) is 3.67. The Morgan fingerprint density at radius 3 is 2.50 bits per heavy atom. The van der Waals surface area contributed by atoms with Crippen molar-refractivity contribution in [2.45, 2.75) is 19.6 Å². The fourth-order valence-corrected chi connectivity index (χ4v) is 2.73. The number of rotatable bonds is 7. The molecule has 2 rings (SSSR count). The molecule has 0 fully saturated rings. The Balaban J connectivity index is 1.97. The van der Waals surface area contributed by atoms with Gasteiger partial charge in [0, 0.05) is 12.1 Å². The molecule has 1 atom stereocenters. The first-order valence-corrected chi connectivity index (χ1v) is 8.69. The fraction of sp³-hybridized carbons (Fsp3) is 0.263. The lowest BCUT2D eigenvalue weighted by Gasteiger charge is -2.16. The number of carbonyl (C=O) groups excluding carboxylic acids is 2. The van der Waals surface area contributed by atoms with Crippen molar-refractivity contribution in [1.29, 1.82) is 0 Å². The van der Waals surface area contributed by atoms with Crippen LogP contribution in [0.5, 0.6) is 11.5 Å². The summed E-state index contributed by atoms with van der Waals surface area (Å²) in [5, 5.41) is 2.82. The highest BCUT2D eigenvalue weighted by Gasteiger charge is 2.17. The lowest BCUT2D eigenvalue weighted by molar-refractivity contribution is -0.127. The molecule has 0 radical (unpaired) electrons. The van der Waals surface area contributed by atoms with Crippen LogP contribution < -0.4 is 14.8 Å². The Morgan fingerprint density at radius 1 is 1.12 bits per heavy atom. The molecule has 0 aliphatic carbocycles. The Hall–Kier alpha value is -2.54. The van der Waals surface area contributed by atoms with E-state index in [0.717, 1.165) is 5.56 Å². The zero-order chi connectivity index (χ0) is 19.1. The summed E-state index contributed by atoms with van der Waals surface area (Å²) in [5.41, 5.74) is 1.26. The van der Waals surface area contributed by atoms with Gasteiger partial charge in [0.25, 0.3) is 5.91 Å². The summed E-state index contributed by atoms with van der Waals surface area (Å²) in [4.78, 5) is 23.8. The van der Waals surface area contributed by atoms with E-state index in [1.54, 1.807) is 32.2 Å². The van der Waals surface area contributed by atoms with Gasteiger partial charge in [-0.2, -0.15) is 0 Å². The van der Waals surface area contributed by atoms with Gasteiger partial charge in [0.1, 0.15) is 11.5 Å². The highest BCUT2D eigenvalue weighted by Crippen LogP contribution is 2.27. The van der Waals surface area contributed by atoms with E-state index in [1.807, 2.05) is 24.3 Å². The van der Waals surface area contributed by atoms with Crippen LogP contribution in [0.1, 0.15) is 22.8 Å². The van der Waals surface area contributed by atoms with Crippen LogP contribution in [0.3, 0.4) is 0 Å². The summed E-state index contributed by atoms with van der Waals surface area (Å²) in [7, 11) is 2.90. The quantitative estimate of drug-likeness (QED) is 0.693. The number of benzene rings is 2. The maximum absolute atomic E-state index is 12.3. The van der Waals surface area contributed by atoms with Gasteiger partial charge in [-0.1, -0.05) is 18.2 Å². The number of nitrogens with one attached hydrogen (secondary N) is 1. The predicted octanol–water partition coefficient (Wildman–Crippen LogP) is 3.33. The van der Waals surface area contributed by atoms with E-state index in [-0.39, 0.29) is 5.91 Å². The maximum Gasteiger partial charge on any atom is 0.337 e. The first-order chi connectivity index (χ1) is 12.5. The maximum atomic E-state index is 12.3. The van der Waals surface area contributed by atoms with Gasteiger partial charge in [-0.05, 0) is 47.1 Å². The van der Waals surface area contributed by atoms with Crippen LogP contribution in [0, 0.1) is 0 Å². The van der Waals surface area contributed by atoms with Crippen molar-refractivity contribution < 1.29 is 23.8 Å². The molecule has 0 saturated carbocycles. The van der Waals surface area contributed by atoms with Gasteiger partial charge in [0.15, 0.2) is 6.10 Å². The molecule has 0 aliphatic rings. The number of para-hydroxylation sites is 1. The number of ether oxygens (including phenoxy) is 3. The monoisotopic (exact) mass is 421 g/mol. The number of amides is 1.